The Hall–Kier alpha value is -1.91. The number of nitrogens with one attached hydrogen (secondary N) is 2. The molecule has 0 atom stereocenters. The van der Waals surface area contributed by atoms with E-state index in [4.69, 9.17) is 10.5 Å². The summed E-state index contributed by atoms with van der Waals surface area (Å²) in [5, 5.41) is 5.92. The Bertz CT molecular complexity index is 453. The highest BCUT2D eigenvalue weighted by molar-refractivity contribution is 5.83. The first-order valence-corrected chi connectivity index (χ1v) is 6.89. The van der Waals surface area contributed by atoms with Gasteiger partial charge in [-0.05, 0) is 39.3 Å². The van der Waals surface area contributed by atoms with E-state index in [0.717, 1.165) is 6.42 Å². The monoisotopic (exact) mass is 279 g/mol. The normalized spacial score (nSPS) is 11.0. The van der Waals surface area contributed by atoms with E-state index in [1.54, 1.807) is 0 Å². The first kappa shape index (κ1) is 16.1. The van der Waals surface area contributed by atoms with Crippen molar-refractivity contribution in [3.05, 3.63) is 18.2 Å². The molecule has 1 aromatic carbocycles. The van der Waals surface area contributed by atoms with Gasteiger partial charge in [-0.3, -0.25) is 4.79 Å². The lowest BCUT2D eigenvalue weighted by atomic mass is 10.1. The van der Waals surface area contributed by atoms with E-state index < -0.39 is 0 Å². The Labute approximate surface area is 120 Å². The molecule has 0 fully saturated rings. The van der Waals surface area contributed by atoms with Crippen molar-refractivity contribution in [1.82, 2.24) is 5.32 Å². The van der Waals surface area contributed by atoms with Crippen LogP contribution in [0.4, 0.5) is 11.4 Å². The van der Waals surface area contributed by atoms with Gasteiger partial charge in [-0.1, -0.05) is 13.0 Å². The van der Waals surface area contributed by atoms with E-state index in [2.05, 4.69) is 10.6 Å². The fourth-order valence-electron chi connectivity index (χ4n) is 1.67. The maximum absolute atomic E-state index is 11.8. The molecule has 1 rings (SSSR count). The summed E-state index contributed by atoms with van der Waals surface area (Å²) in [5.74, 6) is 0.574. The lowest BCUT2D eigenvalue weighted by Gasteiger charge is -2.21. The SMILES string of the molecule is CCCOc1cccc(NCC(=O)NC(C)(C)C)c1N. The lowest BCUT2D eigenvalue weighted by Crippen LogP contribution is -2.43. The van der Waals surface area contributed by atoms with Gasteiger partial charge in [0.05, 0.1) is 24.5 Å². The van der Waals surface area contributed by atoms with Crippen LogP contribution in [0.1, 0.15) is 34.1 Å². The summed E-state index contributed by atoms with van der Waals surface area (Å²) in [4.78, 5) is 11.8. The van der Waals surface area contributed by atoms with Crippen molar-refractivity contribution in [2.24, 2.45) is 0 Å². The van der Waals surface area contributed by atoms with Crippen molar-refractivity contribution in [2.75, 3.05) is 24.2 Å². The fourth-order valence-corrected chi connectivity index (χ4v) is 1.67. The molecule has 1 amide bonds. The number of rotatable bonds is 6. The molecule has 0 aliphatic heterocycles. The van der Waals surface area contributed by atoms with E-state index in [9.17, 15) is 4.79 Å². The fraction of sp³-hybridized carbons (Fsp3) is 0.533. The number of ether oxygens (including phenoxy) is 1. The minimum absolute atomic E-state index is 0.0724. The number of benzene rings is 1. The number of nitrogen functional groups attached to an aromatic ring is 1. The first-order chi connectivity index (χ1) is 9.33. The van der Waals surface area contributed by atoms with Crippen LogP contribution in [0.2, 0.25) is 0 Å². The molecule has 0 unspecified atom stereocenters. The summed E-state index contributed by atoms with van der Waals surface area (Å²) < 4.78 is 5.55. The van der Waals surface area contributed by atoms with Gasteiger partial charge in [-0.15, -0.1) is 0 Å². The van der Waals surface area contributed by atoms with Crippen LogP contribution < -0.4 is 21.1 Å². The van der Waals surface area contributed by atoms with Crippen LogP contribution in [0.5, 0.6) is 5.75 Å². The molecule has 1 aromatic rings. The molecule has 0 heterocycles. The molecule has 5 nitrogen and oxygen atoms in total. The largest absolute Gasteiger partial charge is 0.491 e. The number of anilines is 2. The van der Waals surface area contributed by atoms with Crippen LogP contribution in [-0.2, 0) is 4.79 Å². The molecule has 0 aromatic heterocycles. The van der Waals surface area contributed by atoms with Gasteiger partial charge in [0.2, 0.25) is 5.91 Å². The molecule has 0 bridgehead atoms. The summed E-state index contributed by atoms with van der Waals surface area (Å²) in [6, 6.07) is 5.51. The zero-order chi connectivity index (χ0) is 15.2. The first-order valence-electron chi connectivity index (χ1n) is 6.89. The molecule has 4 N–H and O–H groups in total. The predicted molar refractivity (Wildman–Crippen MR) is 83.0 cm³/mol. The number of hydrogen-bond acceptors (Lipinski definition) is 4. The Morgan fingerprint density at radius 2 is 2.05 bits per heavy atom. The number of hydrogen-bond donors (Lipinski definition) is 3. The number of amides is 1. The summed E-state index contributed by atoms with van der Waals surface area (Å²) in [6.45, 7) is 8.67. The zero-order valence-electron chi connectivity index (χ0n) is 12.7. The van der Waals surface area contributed by atoms with Gasteiger partial charge in [-0.2, -0.15) is 0 Å². The van der Waals surface area contributed by atoms with Crippen LogP contribution in [-0.4, -0.2) is 24.6 Å². The van der Waals surface area contributed by atoms with E-state index in [0.29, 0.717) is 23.7 Å². The molecule has 0 radical (unpaired) electrons. The summed E-state index contributed by atoms with van der Waals surface area (Å²) in [7, 11) is 0. The summed E-state index contributed by atoms with van der Waals surface area (Å²) >= 11 is 0. The zero-order valence-corrected chi connectivity index (χ0v) is 12.7. The van der Waals surface area contributed by atoms with Crippen LogP contribution in [0, 0.1) is 0 Å². The third-order valence-electron chi connectivity index (χ3n) is 2.48. The molecule has 112 valence electrons. The highest BCUT2D eigenvalue weighted by atomic mass is 16.5. The van der Waals surface area contributed by atoms with Gasteiger partial charge in [0.15, 0.2) is 0 Å². The minimum Gasteiger partial charge on any atom is -0.491 e. The van der Waals surface area contributed by atoms with E-state index in [1.165, 1.54) is 0 Å². The second-order valence-corrected chi connectivity index (χ2v) is 5.72. The Balaban J connectivity index is 2.62. The van der Waals surface area contributed by atoms with Crippen molar-refractivity contribution in [2.45, 2.75) is 39.7 Å². The quantitative estimate of drug-likeness (QED) is 0.699. The lowest BCUT2D eigenvalue weighted by molar-refractivity contribution is -0.120. The molecule has 5 heteroatoms. The van der Waals surface area contributed by atoms with Crippen molar-refractivity contribution in [1.29, 1.82) is 0 Å². The van der Waals surface area contributed by atoms with Crippen LogP contribution in [0.25, 0.3) is 0 Å². The molecular weight excluding hydrogens is 254 g/mol. The highest BCUT2D eigenvalue weighted by Gasteiger charge is 2.14. The molecule has 0 saturated carbocycles. The number of carbonyl (C=O) groups is 1. The van der Waals surface area contributed by atoms with Crippen molar-refractivity contribution in [3.8, 4) is 5.75 Å². The van der Waals surface area contributed by atoms with E-state index >= 15 is 0 Å². The maximum atomic E-state index is 11.8. The number of nitrogens with two attached hydrogens (primary N) is 1. The van der Waals surface area contributed by atoms with Gasteiger partial charge in [0.25, 0.3) is 0 Å². The van der Waals surface area contributed by atoms with E-state index in [1.807, 2.05) is 45.9 Å². The number of carbonyl (C=O) groups excluding carboxylic acids is 1. The second-order valence-electron chi connectivity index (χ2n) is 5.72. The highest BCUT2D eigenvalue weighted by Crippen LogP contribution is 2.29. The Kier molecular flexibility index (Phi) is 5.67. The van der Waals surface area contributed by atoms with Crippen molar-refractivity contribution >= 4 is 17.3 Å². The second kappa shape index (κ2) is 7.03. The third kappa shape index (κ3) is 5.38. The average Bonchev–Trinajstić information content (AvgIpc) is 2.34. The molecular formula is C15H25N3O2. The molecule has 0 aliphatic rings. The van der Waals surface area contributed by atoms with Crippen molar-refractivity contribution < 1.29 is 9.53 Å². The minimum atomic E-state index is -0.240. The number of para-hydroxylation sites is 1. The van der Waals surface area contributed by atoms with Gasteiger partial charge >= 0.3 is 0 Å². The van der Waals surface area contributed by atoms with Gasteiger partial charge in [0, 0.05) is 5.54 Å². The molecule has 20 heavy (non-hydrogen) atoms. The molecule has 0 spiro atoms. The maximum Gasteiger partial charge on any atom is 0.239 e. The van der Waals surface area contributed by atoms with Gasteiger partial charge in [-0.25, -0.2) is 0 Å². The smallest absolute Gasteiger partial charge is 0.239 e. The molecule has 0 saturated heterocycles. The van der Waals surface area contributed by atoms with Crippen LogP contribution in [0.15, 0.2) is 18.2 Å². The van der Waals surface area contributed by atoms with Crippen molar-refractivity contribution in [3.63, 3.8) is 0 Å². The third-order valence-corrected chi connectivity index (χ3v) is 2.48. The Morgan fingerprint density at radius 1 is 1.35 bits per heavy atom. The summed E-state index contributed by atoms with van der Waals surface area (Å²) in [6.07, 6.45) is 0.922. The topological polar surface area (TPSA) is 76.4 Å². The van der Waals surface area contributed by atoms with Gasteiger partial charge < -0.3 is 21.1 Å². The molecule has 0 aliphatic carbocycles. The average molecular weight is 279 g/mol. The van der Waals surface area contributed by atoms with Crippen LogP contribution >= 0.6 is 0 Å². The van der Waals surface area contributed by atoms with Gasteiger partial charge in [0.1, 0.15) is 5.75 Å². The van der Waals surface area contributed by atoms with Crippen LogP contribution in [0.3, 0.4) is 0 Å². The Morgan fingerprint density at radius 3 is 2.65 bits per heavy atom. The van der Waals surface area contributed by atoms with E-state index in [-0.39, 0.29) is 18.0 Å². The standard InChI is InChI=1S/C15H25N3O2/c1-5-9-20-12-8-6-7-11(14(12)16)17-10-13(19)18-15(2,3)4/h6-8,17H,5,9-10,16H2,1-4H3,(H,18,19). The summed E-state index contributed by atoms with van der Waals surface area (Å²) in [5.41, 5.74) is 7.02. The predicted octanol–water partition coefficient (Wildman–Crippen LogP) is 2.38.